The number of methoxy groups -OCH3 is 1. The molecule has 18 heavy (non-hydrogen) atoms. The second-order valence-corrected chi connectivity index (χ2v) is 4.32. The highest BCUT2D eigenvalue weighted by Gasteiger charge is 2.54. The predicted molar refractivity (Wildman–Crippen MR) is 66.0 cm³/mol. The maximum atomic E-state index is 12.3. The lowest BCUT2D eigenvalue weighted by molar-refractivity contribution is -0.153. The number of carbonyl (C=O) groups excluding carboxylic acids is 2. The molecule has 0 saturated carbocycles. The average Bonchev–Trinajstić information content (AvgIpc) is 2.64. The number of hydrogen-bond donors (Lipinski definition) is 0. The molecule has 0 bridgehead atoms. The normalized spacial score (nSPS) is 21.1. The molecule has 0 saturated heterocycles. The van der Waals surface area contributed by atoms with Gasteiger partial charge in [0.2, 0.25) is 5.78 Å². The molecule has 4 nitrogen and oxygen atoms in total. The summed E-state index contributed by atoms with van der Waals surface area (Å²) in [6.07, 6.45) is 1.49. The summed E-state index contributed by atoms with van der Waals surface area (Å²) in [5.74, 6) is -0.858. The minimum absolute atomic E-state index is 0.0464. The van der Waals surface area contributed by atoms with Gasteiger partial charge in [-0.2, -0.15) is 0 Å². The Labute approximate surface area is 109 Å². The van der Waals surface area contributed by atoms with E-state index in [-0.39, 0.29) is 12.0 Å². The van der Waals surface area contributed by atoms with Gasteiger partial charge in [0.25, 0.3) is 5.60 Å². The third-order valence-corrected chi connectivity index (χ3v) is 3.02. The molecule has 2 rings (SSSR count). The molecule has 5 heteroatoms. The van der Waals surface area contributed by atoms with E-state index < -0.39 is 17.4 Å². The lowest BCUT2D eigenvalue weighted by atomic mass is 9.92. The van der Waals surface area contributed by atoms with Gasteiger partial charge in [-0.1, -0.05) is 17.7 Å². The van der Waals surface area contributed by atoms with Crippen molar-refractivity contribution in [3.05, 3.63) is 41.4 Å². The van der Waals surface area contributed by atoms with E-state index in [9.17, 15) is 9.59 Å². The molecule has 1 heterocycles. The SMILES string of the molecule is C=CCC1(C(=O)OC)Oc2ccc(Cl)cc2C1=O. The van der Waals surface area contributed by atoms with Gasteiger partial charge in [0.1, 0.15) is 5.75 Å². The number of esters is 1. The molecular weight excluding hydrogens is 256 g/mol. The number of Topliss-reactive ketones (excluding diaryl/α,β-unsaturated/α-hetero) is 1. The van der Waals surface area contributed by atoms with Crippen molar-refractivity contribution < 1.29 is 19.1 Å². The second kappa shape index (κ2) is 4.46. The highest BCUT2D eigenvalue weighted by molar-refractivity contribution is 6.31. The second-order valence-electron chi connectivity index (χ2n) is 3.88. The topological polar surface area (TPSA) is 52.6 Å². The van der Waals surface area contributed by atoms with Gasteiger partial charge in [-0.05, 0) is 18.2 Å². The maximum absolute atomic E-state index is 12.3. The van der Waals surface area contributed by atoms with E-state index in [1.54, 1.807) is 12.1 Å². The first-order valence-corrected chi connectivity index (χ1v) is 5.65. The van der Waals surface area contributed by atoms with E-state index in [4.69, 9.17) is 16.3 Å². The average molecular weight is 267 g/mol. The van der Waals surface area contributed by atoms with Gasteiger partial charge < -0.3 is 9.47 Å². The van der Waals surface area contributed by atoms with E-state index in [1.807, 2.05) is 0 Å². The zero-order valence-corrected chi connectivity index (χ0v) is 10.5. The summed E-state index contributed by atoms with van der Waals surface area (Å²) in [6, 6.07) is 4.63. The minimum Gasteiger partial charge on any atom is -0.466 e. The Balaban J connectivity index is 2.52. The van der Waals surface area contributed by atoms with Crippen LogP contribution in [0.2, 0.25) is 5.02 Å². The van der Waals surface area contributed by atoms with Crippen LogP contribution >= 0.6 is 11.6 Å². The fourth-order valence-corrected chi connectivity index (χ4v) is 2.11. The number of hydrogen-bond acceptors (Lipinski definition) is 4. The third kappa shape index (κ3) is 1.69. The quantitative estimate of drug-likeness (QED) is 0.479. The monoisotopic (exact) mass is 266 g/mol. The van der Waals surface area contributed by atoms with Crippen LogP contribution in [-0.2, 0) is 9.53 Å². The molecule has 94 valence electrons. The maximum Gasteiger partial charge on any atom is 0.358 e. The number of ether oxygens (including phenoxy) is 2. The summed E-state index contributed by atoms with van der Waals surface area (Å²) in [7, 11) is 1.21. The summed E-state index contributed by atoms with van der Waals surface area (Å²) < 4.78 is 10.2. The first-order chi connectivity index (χ1) is 8.55. The van der Waals surface area contributed by atoms with E-state index in [0.717, 1.165) is 0 Å². The Hall–Kier alpha value is -1.81. The molecule has 0 spiro atoms. The number of benzene rings is 1. The van der Waals surface area contributed by atoms with Crippen molar-refractivity contribution in [3.63, 3.8) is 0 Å². The standard InChI is InChI=1S/C13H11ClO4/c1-3-6-13(12(16)17-2)11(15)9-7-8(14)4-5-10(9)18-13/h3-5,7H,1,6H2,2H3. The zero-order chi connectivity index (χ0) is 13.3. The Bertz CT molecular complexity index is 538. The zero-order valence-electron chi connectivity index (χ0n) is 9.73. The molecule has 0 radical (unpaired) electrons. The summed E-state index contributed by atoms with van der Waals surface area (Å²) in [5, 5.41) is 0.407. The summed E-state index contributed by atoms with van der Waals surface area (Å²) in [5.41, 5.74) is -1.38. The van der Waals surface area contributed by atoms with E-state index in [1.165, 1.54) is 19.3 Å². The molecular formula is C13H11ClO4. The smallest absolute Gasteiger partial charge is 0.358 e. The highest BCUT2D eigenvalue weighted by atomic mass is 35.5. The Morgan fingerprint density at radius 1 is 1.61 bits per heavy atom. The minimum atomic E-state index is -1.66. The van der Waals surface area contributed by atoms with Crippen LogP contribution < -0.4 is 4.74 Å². The molecule has 0 amide bonds. The first kappa shape index (κ1) is 12.6. The van der Waals surface area contributed by atoms with Crippen LogP contribution in [0.15, 0.2) is 30.9 Å². The lowest BCUT2D eigenvalue weighted by Gasteiger charge is -2.22. The Kier molecular flexibility index (Phi) is 3.13. The van der Waals surface area contributed by atoms with Crippen molar-refractivity contribution in [2.45, 2.75) is 12.0 Å². The van der Waals surface area contributed by atoms with Crippen LogP contribution in [0.3, 0.4) is 0 Å². The van der Waals surface area contributed by atoms with Crippen molar-refractivity contribution in [2.75, 3.05) is 7.11 Å². The van der Waals surface area contributed by atoms with Crippen LogP contribution in [-0.4, -0.2) is 24.5 Å². The van der Waals surface area contributed by atoms with Gasteiger partial charge in [-0.25, -0.2) is 4.79 Å². The molecule has 0 aliphatic carbocycles. The largest absolute Gasteiger partial charge is 0.466 e. The molecule has 0 aromatic heterocycles. The fourth-order valence-electron chi connectivity index (χ4n) is 1.94. The molecule has 1 aromatic carbocycles. The molecule has 1 unspecified atom stereocenters. The predicted octanol–water partition coefficient (Wildman–Crippen LogP) is 2.40. The third-order valence-electron chi connectivity index (χ3n) is 2.78. The van der Waals surface area contributed by atoms with E-state index >= 15 is 0 Å². The van der Waals surface area contributed by atoms with Gasteiger partial charge in [-0.3, -0.25) is 4.79 Å². The summed E-state index contributed by atoms with van der Waals surface area (Å²) in [4.78, 5) is 24.2. The van der Waals surface area contributed by atoms with E-state index in [2.05, 4.69) is 11.3 Å². The first-order valence-electron chi connectivity index (χ1n) is 5.28. The van der Waals surface area contributed by atoms with Crippen molar-refractivity contribution in [3.8, 4) is 5.75 Å². The van der Waals surface area contributed by atoms with Crippen molar-refractivity contribution in [1.29, 1.82) is 0 Å². The van der Waals surface area contributed by atoms with Crippen molar-refractivity contribution in [1.82, 2.24) is 0 Å². The molecule has 1 aliphatic heterocycles. The molecule has 1 aromatic rings. The molecule has 0 fully saturated rings. The van der Waals surface area contributed by atoms with Crippen LogP contribution in [0, 0.1) is 0 Å². The Morgan fingerprint density at radius 3 is 2.94 bits per heavy atom. The Morgan fingerprint density at radius 2 is 2.33 bits per heavy atom. The number of rotatable bonds is 3. The summed E-state index contributed by atoms with van der Waals surface area (Å²) in [6.45, 7) is 3.53. The van der Waals surface area contributed by atoms with Crippen LogP contribution in [0.4, 0.5) is 0 Å². The van der Waals surface area contributed by atoms with Crippen molar-refractivity contribution >= 4 is 23.4 Å². The number of halogens is 1. The van der Waals surface area contributed by atoms with Crippen LogP contribution in [0.1, 0.15) is 16.8 Å². The van der Waals surface area contributed by atoms with Crippen LogP contribution in [0.5, 0.6) is 5.75 Å². The van der Waals surface area contributed by atoms with Gasteiger partial charge in [0.05, 0.1) is 12.7 Å². The molecule has 1 atom stereocenters. The van der Waals surface area contributed by atoms with Crippen LogP contribution in [0.25, 0.3) is 0 Å². The fraction of sp³-hybridized carbons (Fsp3) is 0.231. The lowest BCUT2D eigenvalue weighted by Crippen LogP contribution is -2.48. The van der Waals surface area contributed by atoms with E-state index in [0.29, 0.717) is 10.8 Å². The molecule has 1 aliphatic rings. The number of fused-ring (bicyclic) bond motifs is 1. The van der Waals surface area contributed by atoms with Crippen molar-refractivity contribution in [2.24, 2.45) is 0 Å². The number of ketones is 1. The van der Waals surface area contributed by atoms with Gasteiger partial charge in [0.15, 0.2) is 0 Å². The molecule has 0 N–H and O–H groups in total. The van der Waals surface area contributed by atoms with Gasteiger partial charge >= 0.3 is 5.97 Å². The highest BCUT2D eigenvalue weighted by Crippen LogP contribution is 2.39. The van der Waals surface area contributed by atoms with Gasteiger partial charge in [-0.15, -0.1) is 6.58 Å². The van der Waals surface area contributed by atoms with Gasteiger partial charge in [0, 0.05) is 11.4 Å². The number of carbonyl (C=O) groups is 2. The summed E-state index contributed by atoms with van der Waals surface area (Å²) >= 11 is 5.83.